The number of aromatic nitrogens is 2. The van der Waals surface area contributed by atoms with Gasteiger partial charge in [0.1, 0.15) is 10.6 Å². The first-order valence-electron chi connectivity index (χ1n) is 9.72. The fraction of sp³-hybridized carbons (Fsp3) is 0.318. The summed E-state index contributed by atoms with van der Waals surface area (Å²) in [5, 5.41) is 18.5. The topological polar surface area (TPSA) is 82.9 Å². The molecule has 148 valence electrons. The third-order valence-corrected chi connectivity index (χ3v) is 5.80. The number of hydrogen-bond acceptors (Lipinski definition) is 7. The van der Waals surface area contributed by atoms with Crippen LogP contribution >= 0.6 is 11.3 Å². The normalized spacial score (nSPS) is 14.9. The lowest BCUT2D eigenvalue weighted by atomic mass is 10.1. The first-order valence-corrected chi connectivity index (χ1v) is 10.6. The number of nitrogens with one attached hydrogen (secondary N) is 2. The minimum absolute atomic E-state index is 0.371. The largest absolute Gasteiger partial charge is 0.438 e. The van der Waals surface area contributed by atoms with Crippen LogP contribution in [-0.4, -0.2) is 29.1 Å². The summed E-state index contributed by atoms with van der Waals surface area (Å²) in [6.45, 7) is 6.03. The van der Waals surface area contributed by atoms with Crippen molar-refractivity contribution in [3.63, 3.8) is 0 Å². The zero-order valence-corrected chi connectivity index (χ0v) is 17.3. The summed E-state index contributed by atoms with van der Waals surface area (Å²) in [5.41, 5.74) is 2.97. The predicted octanol–water partition coefficient (Wildman–Crippen LogP) is 4.80. The summed E-state index contributed by atoms with van der Waals surface area (Å²) in [4.78, 5) is 10.3. The lowest BCUT2D eigenvalue weighted by molar-refractivity contribution is 0.458. The van der Waals surface area contributed by atoms with Crippen molar-refractivity contribution in [2.75, 3.05) is 18.4 Å². The number of piperidine rings is 1. The molecule has 0 saturated carbocycles. The number of benzene rings is 1. The van der Waals surface area contributed by atoms with Crippen LogP contribution in [0.25, 0.3) is 16.3 Å². The molecule has 0 spiro atoms. The molecule has 0 aliphatic carbocycles. The predicted molar refractivity (Wildman–Crippen MR) is 118 cm³/mol. The molecule has 0 unspecified atom stereocenters. The van der Waals surface area contributed by atoms with Gasteiger partial charge in [-0.15, -0.1) is 11.3 Å². The summed E-state index contributed by atoms with van der Waals surface area (Å²) in [5.74, 6) is 1.98. The summed E-state index contributed by atoms with van der Waals surface area (Å²) in [6.07, 6.45) is 5.38. The van der Waals surface area contributed by atoms with Crippen LogP contribution in [0.15, 0.2) is 29.7 Å². The van der Waals surface area contributed by atoms with E-state index in [-0.39, 0.29) is 0 Å². The quantitative estimate of drug-likeness (QED) is 0.593. The number of aryl methyl sites for hydroxylation is 2. The van der Waals surface area contributed by atoms with E-state index in [1.165, 1.54) is 6.08 Å². The first-order chi connectivity index (χ1) is 14.1. The Kier molecular flexibility index (Phi) is 5.74. The van der Waals surface area contributed by atoms with Crippen molar-refractivity contribution in [1.82, 2.24) is 15.3 Å². The standard InChI is InChI=1S/C22H23N5OS/c1-14-12-16(4-3-8-23)13-15(2)19(14)28-20-18-7-11-29-21(18)27-22(26-20)25-17-5-9-24-10-6-17/h3-4,7,11-13,17,24H,5-6,9-10H2,1-2H3,(H,25,26,27)/b4-3+. The lowest BCUT2D eigenvalue weighted by Crippen LogP contribution is -2.35. The van der Waals surface area contributed by atoms with E-state index in [2.05, 4.69) is 15.6 Å². The molecular formula is C22H23N5OS. The molecule has 4 rings (SSSR count). The summed E-state index contributed by atoms with van der Waals surface area (Å²) in [7, 11) is 0. The lowest BCUT2D eigenvalue weighted by Gasteiger charge is -2.23. The van der Waals surface area contributed by atoms with Gasteiger partial charge in [-0.3, -0.25) is 0 Å². The third-order valence-electron chi connectivity index (χ3n) is 4.99. The summed E-state index contributed by atoms with van der Waals surface area (Å²) in [6, 6.07) is 8.42. The van der Waals surface area contributed by atoms with Gasteiger partial charge in [-0.05, 0) is 86.1 Å². The molecule has 0 amide bonds. The van der Waals surface area contributed by atoms with Gasteiger partial charge >= 0.3 is 0 Å². The van der Waals surface area contributed by atoms with Gasteiger partial charge in [-0.1, -0.05) is 0 Å². The van der Waals surface area contributed by atoms with Crippen molar-refractivity contribution >= 4 is 33.6 Å². The molecule has 2 aromatic heterocycles. The maximum absolute atomic E-state index is 8.76. The van der Waals surface area contributed by atoms with E-state index in [9.17, 15) is 0 Å². The highest BCUT2D eigenvalue weighted by molar-refractivity contribution is 7.16. The number of anilines is 1. The van der Waals surface area contributed by atoms with Gasteiger partial charge in [0, 0.05) is 12.1 Å². The molecule has 7 heteroatoms. The molecule has 1 aliphatic rings. The zero-order valence-electron chi connectivity index (χ0n) is 16.5. The molecule has 1 aliphatic heterocycles. The average Bonchev–Trinajstić information content (AvgIpc) is 3.18. The maximum Gasteiger partial charge on any atom is 0.232 e. The van der Waals surface area contributed by atoms with E-state index in [1.807, 2.05) is 43.5 Å². The van der Waals surface area contributed by atoms with Crippen LogP contribution in [-0.2, 0) is 0 Å². The molecule has 0 bridgehead atoms. The Hall–Kier alpha value is -2.95. The van der Waals surface area contributed by atoms with Crippen molar-refractivity contribution < 1.29 is 4.74 Å². The Labute approximate surface area is 174 Å². The monoisotopic (exact) mass is 405 g/mol. The first kappa shape index (κ1) is 19.4. The van der Waals surface area contributed by atoms with E-state index in [0.717, 1.165) is 58.6 Å². The highest BCUT2D eigenvalue weighted by Gasteiger charge is 2.18. The molecular weight excluding hydrogens is 382 g/mol. The van der Waals surface area contributed by atoms with Gasteiger partial charge in [0.05, 0.1) is 11.5 Å². The number of ether oxygens (including phenoxy) is 1. The highest BCUT2D eigenvalue weighted by atomic mass is 32.1. The van der Waals surface area contributed by atoms with Crippen LogP contribution in [0, 0.1) is 25.2 Å². The Morgan fingerprint density at radius 3 is 2.72 bits per heavy atom. The van der Waals surface area contributed by atoms with Crippen molar-refractivity contribution in [3.8, 4) is 17.7 Å². The Morgan fingerprint density at radius 1 is 1.24 bits per heavy atom. The third kappa shape index (κ3) is 4.39. The van der Waals surface area contributed by atoms with Gasteiger partial charge in [0.2, 0.25) is 11.8 Å². The molecule has 0 radical (unpaired) electrons. The zero-order chi connectivity index (χ0) is 20.2. The fourth-order valence-corrected chi connectivity index (χ4v) is 4.35. The minimum Gasteiger partial charge on any atom is -0.438 e. The van der Waals surface area contributed by atoms with Crippen LogP contribution in [0.1, 0.15) is 29.5 Å². The number of nitriles is 1. The Balaban J connectivity index is 1.66. The van der Waals surface area contributed by atoms with Gasteiger partial charge in [0.25, 0.3) is 0 Å². The average molecular weight is 406 g/mol. The summed E-state index contributed by atoms with van der Waals surface area (Å²) >= 11 is 1.58. The highest BCUT2D eigenvalue weighted by Crippen LogP contribution is 2.35. The Bertz CT molecular complexity index is 1070. The van der Waals surface area contributed by atoms with Crippen LogP contribution in [0.3, 0.4) is 0 Å². The fourth-order valence-electron chi connectivity index (χ4n) is 3.59. The molecule has 6 nitrogen and oxygen atoms in total. The van der Waals surface area contributed by atoms with Gasteiger partial charge < -0.3 is 15.4 Å². The number of thiophene rings is 1. The molecule has 1 saturated heterocycles. The van der Waals surface area contributed by atoms with Gasteiger partial charge in [-0.2, -0.15) is 10.2 Å². The molecule has 1 fully saturated rings. The minimum atomic E-state index is 0.371. The molecule has 1 aromatic carbocycles. The van der Waals surface area contributed by atoms with Crippen molar-refractivity contribution in [1.29, 1.82) is 5.26 Å². The molecule has 29 heavy (non-hydrogen) atoms. The molecule has 3 aromatic rings. The number of hydrogen-bond donors (Lipinski definition) is 2. The second-order valence-electron chi connectivity index (χ2n) is 7.21. The SMILES string of the molecule is Cc1cc(/C=C/C#N)cc(C)c1Oc1nc(NC2CCNCC2)nc2sccc12. The maximum atomic E-state index is 8.76. The number of fused-ring (bicyclic) bond motifs is 1. The van der Waals surface area contributed by atoms with Crippen molar-refractivity contribution in [2.24, 2.45) is 0 Å². The van der Waals surface area contributed by atoms with Crippen molar-refractivity contribution in [2.45, 2.75) is 32.7 Å². The number of allylic oxidation sites excluding steroid dienone is 1. The van der Waals surface area contributed by atoms with E-state index < -0.39 is 0 Å². The summed E-state index contributed by atoms with van der Waals surface area (Å²) < 4.78 is 6.31. The second-order valence-corrected chi connectivity index (χ2v) is 8.10. The molecule has 2 N–H and O–H groups in total. The van der Waals surface area contributed by atoms with E-state index in [0.29, 0.717) is 17.9 Å². The smallest absolute Gasteiger partial charge is 0.232 e. The second kappa shape index (κ2) is 8.60. The van der Waals surface area contributed by atoms with Crippen LogP contribution < -0.4 is 15.4 Å². The van der Waals surface area contributed by atoms with E-state index in [1.54, 1.807) is 17.4 Å². The van der Waals surface area contributed by atoms with Gasteiger partial charge in [0.15, 0.2) is 0 Å². The van der Waals surface area contributed by atoms with E-state index >= 15 is 0 Å². The molecule has 3 heterocycles. The van der Waals surface area contributed by atoms with Crippen molar-refractivity contribution in [3.05, 3.63) is 46.3 Å². The van der Waals surface area contributed by atoms with Crippen LogP contribution in [0.5, 0.6) is 11.6 Å². The number of rotatable bonds is 5. The Morgan fingerprint density at radius 2 is 2.00 bits per heavy atom. The molecule has 0 atom stereocenters. The van der Waals surface area contributed by atoms with E-state index in [4.69, 9.17) is 15.0 Å². The van der Waals surface area contributed by atoms with Crippen LogP contribution in [0.4, 0.5) is 5.95 Å². The van der Waals surface area contributed by atoms with Crippen LogP contribution in [0.2, 0.25) is 0 Å². The number of nitrogens with zero attached hydrogens (tertiary/aromatic N) is 3. The van der Waals surface area contributed by atoms with Gasteiger partial charge in [-0.25, -0.2) is 4.98 Å².